The van der Waals surface area contributed by atoms with Crippen LogP contribution in [-0.4, -0.2) is 36.0 Å². The zero-order valence-corrected chi connectivity index (χ0v) is 16.6. The van der Waals surface area contributed by atoms with Gasteiger partial charge in [-0.05, 0) is 43.5 Å². The average molecular weight is 409 g/mol. The number of nitrogens with one attached hydrogen (secondary N) is 2. The number of nitrogens with zero attached hydrogens (tertiary/aromatic N) is 1. The molecule has 1 fully saturated rings. The number of rotatable bonds is 7. The molecule has 2 N–H and O–H groups in total. The number of hydrogen-bond donors (Lipinski definition) is 2. The van der Waals surface area contributed by atoms with E-state index in [1.807, 2.05) is 6.92 Å². The first-order valence-corrected chi connectivity index (χ1v) is 9.66. The van der Waals surface area contributed by atoms with Gasteiger partial charge in [-0.3, -0.25) is 19.7 Å². The van der Waals surface area contributed by atoms with Gasteiger partial charge in [0.2, 0.25) is 0 Å². The maximum atomic E-state index is 12.8. The summed E-state index contributed by atoms with van der Waals surface area (Å²) in [6.07, 6.45) is 3.17. The molecular weight excluding hydrogens is 386 g/mol. The first kappa shape index (κ1) is 21.2. The lowest BCUT2D eigenvalue weighted by atomic mass is 10.1. The van der Waals surface area contributed by atoms with Gasteiger partial charge in [-0.25, -0.2) is 0 Å². The van der Waals surface area contributed by atoms with Crippen molar-refractivity contribution in [3.8, 4) is 0 Å². The highest BCUT2D eigenvalue weighted by Crippen LogP contribution is 2.16. The van der Waals surface area contributed by atoms with Crippen LogP contribution in [0, 0.1) is 17.0 Å². The molecule has 1 atom stereocenters. The number of carbonyl (C=O) groups excluding carboxylic acids is 2. The van der Waals surface area contributed by atoms with Crippen LogP contribution in [0.15, 0.2) is 54.2 Å². The Balaban J connectivity index is 1.82. The third-order valence-corrected chi connectivity index (χ3v) is 4.71. The van der Waals surface area contributed by atoms with Gasteiger partial charge >= 0.3 is 0 Å². The highest BCUT2D eigenvalue weighted by molar-refractivity contribution is 6.05. The van der Waals surface area contributed by atoms with E-state index in [2.05, 4.69) is 10.6 Å². The van der Waals surface area contributed by atoms with E-state index in [-0.39, 0.29) is 17.5 Å². The predicted molar refractivity (Wildman–Crippen MR) is 112 cm³/mol. The van der Waals surface area contributed by atoms with E-state index in [1.54, 1.807) is 30.3 Å². The third-order valence-electron chi connectivity index (χ3n) is 4.71. The summed E-state index contributed by atoms with van der Waals surface area (Å²) in [5.74, 6) is -0.934. The summed E-state index contributed by atoms with van der Waals surface area (Å²) in [4.78, 5) is 35.9. The number of aryl methyl sites for hydroxylation is 1. The van der Waals surface area contributed by atoms with Crippen LogP contribution in [0.25, 0.3) is 6.08 Å². The number of ether oxygens (including phenoxy) is 1. The second-order valence-corrected chi connectivity index (χ2v) is 7.08. The quantitative estimate of drug-likeness (QED) is 0.415. The van der Waals surface area contributed by atoms with E-state index >= 15 is 0 Å². The van der Waals surface area contributed by atoms with Gasteiger partial charge in [0.15, 0.2) is 0 Å². The molecule has 0 bridgehead atoms. The Morgan fingerprint density at radius 2 is 2.00 bits per heavy atom. The summed E-state index contributed by atoms with van der Waals surface area (Å²) in [6, 6.07) is 12.8. The minimum atomic E-state index is -0.514. The number of nitro benzene ring substituents is 1. The first-order valence-electron chi connectivity index (χ1n) is 9.66. The normalized spacial score (nSPS) is 16.2. The van der Waals surface area contributed by atoms with Crippen LogP contribution in [0.1, 0.15) is 34.3 Å². The molecule has 3 rings (SSSR count). The molecule has 1 aliphatic heterocycles. The van der Waals surface area contributed by atoms with Crippen LogP contribution in [0.3, 0.4) is 0 Å². The molecule has 2 amide bonds. The highest BCUT2D eigenvalue weighted by Gasteiger charge is 2.19. The fourth-order valence-corrected chi connectivity index (χ4v) is 3.06. The Kier molecular flexibility index (Phi) is 6.92. The van der Waals surface area contributed by atoms with Crippen molar-refractivity contribution >= 4 is 23.6 Å². The molecule has 2 aromatic carbocycles. The number of benzene rings is 2. The Hall–Kier alpha value is -3.52. The number of carbonyl (C=O) groups is 2. The first-order chi connectivity index (χ1) is 14.4. The monoisotopic (exact) mass is 409 g/mol. The molecule has 1 heterocycles. The van der Waals surface area contributed by atoms with E-state index in [4.69, 9.17) is 4.74 Å². The molecular formula is C22H23N3O5. The van der Waals surface area contributed by atoms with Gasteiger partial charge in [-0.1, -0.05) is 29.8 Å². The summed E-state index contributed by atoms with van der Waals surface area (Å²) < 4.78 is 5.51. The van der Waals surface area contributed by atoms with Crippen molar-refractivity contribution in [2.24, 2.45) is 0 Å². The zero-order valence-electron chi connectivity index (χ0n) is 16.6. The van der Waals surface area contributed by atoms with Crippen molar-refractivity contribution in [1.82, 2.24) is 10.6 Å². The molecule has 0 radical (unpaired) electrons. The lowest BCUT2D eigenvalue weighted by Gasteiger charge is -2.14. The van der Waals surface area contributed by atoms with Crippen LogP contribution in [0.4, 0.5) is 5.69 Å². The van der Waals surface area contributed by atoms with Crippen molar-refractivity contribution in [2.75, 3.05) is 13.2 Å². The largest absolute Gasteiger partial charge is 0.376 e. The number of non-ortho nitro benzene ring substituents is 1. The van der Waals surface area contributed by atoms with Gasteiger partial charge in [0.05, 0.1) is 11.0 Å². The summed E-state index contributed by atoms with van der Waals surface area (Å²) in [5.41, 5.74) is 1.73. The van der Waals surface area contributed by atoms with Crippen LogP contribution in [-0.2, 0) is 9.53 Å². The molecule has 30 heavy (non-hydrogen) atoms. The van der Waals surface area contributed by atoms with Crippen molar-refractivity contribution < 1.29 is 19.2 Å². The van der Waals surface area contributed by atoms with Gasteiger partial charge in [0.25, 0.3) is 17.5 Å². The Morgan fingerprint density at radius 1 is 1.23 bits per heavy atom. The van der Waals surface area contributed by atoms with Gasteiger partial charge in [-0.15, -0.1) is 0 Å². The maximum absolute atomic E-state index is 12.8. The lowest BCUT2D eigenvalue weighted by Crippen LogP contribution is -2.38. The van der Waals surface area contributed by atoms with Crippen LogP contribution in [0.2, 0.25) is 0 Å². The summed E-state index contributed by atoms with van der Waals surface area (Å²) in [6.45, 7) is 2.90. The lowest BCUT2D eigenvalue weighted by molar-refractivity contribution is -0.384. The van der Waals surface area contributed by atoms with Gasteiger partial charge < -0.3 is 15.4 Å². The van der Waals surface area contributed by atoms with Gasteiger partial charge in [0.1, 0.15) is 5.70 Å². The minimum Gasteiger partial charge on any atom is -0.376 e. The molecule has 0 aromatic heterocycles. The number of nitro groups is 1. The van der Waals surface area contributed by atoms with Crippen molar-refractivity contribution in [2.45, 2.75) is 25.9 Å². The van der Waals surface area contributed by atoms with E-state index in [0.717, 1.165) is 18.4 Å². The third kappa shape index (κ3) is 5.74. The molecule has 0 saturated carbocycles. The summed E-state index contributed by atoms with van der Waals surface area (Å²) >= 11 is 0. The summed E-state index contributed by atoms with van der Waals surface area (Å²) in [5, 5.41) is 16.4. The van der Waals surface area contributed by atoms with Crippen molar-refractivity contribution in [1.29, 1.82) is 0 Å². The SMILES string of the molecule is Cc1ccc(C(=O)N/C(=C/c2cccc([N+](=O)[O-])c2)C(=O)NC[C@H]2CCCO2)cc1. The van der Waals surface area contributed by atoms with E-state index in [0.29, 0.717) is 24.3 Å². The second-order valence-electron chi connectivity index (χ2n) is 7.08. The molecule has 8 heteroatoms. The smallest absolute Gasteiger partial charge is 0.270 e. The topological polar surface area (TPSA) is 111 Å². The molecule has 1 aliphatic rings. The molecule has 8 nitrogen and oxygen atoms in total. The molecule has 0 spiro atoms. The highest BCUT2D eigenvalue weighted by atomic mass is 16.6. The molecule has 2 aromatic rings. The van der Waals surface area contributed by atoms with E-state index in [9.17, 15) is 19.7 Å². The van der Waals surface area contributed by atoms with Crippen molar-refractivity contribution in [3.05, 3.63) is 81.0 Å². The maximum Gasteiger partial charge on any atom is 0.270 e. The van der Waals surface area contributed by atoms with E-state index in [1.165, 1.54) is 24.3 Å². The van der Waals surface area contributed by atoms with E-state index < -0.39 is 16.7 Å². The fraction of sp³-hybridized carbons (Fsp3) is 0.273. The van der Waals surface area contributed by atoms with Crippen LogP contribution >= 0.6 is 0 Å². The van der Waals surface area contributed by atoms with Gasteiger partial charge in [-0.2, -0.15) is 0 Å². The molecule has 156 valence electrons. The van der Waals surface area contributed by atoms with Crippen molar-refractivity contribution in [3.63, 3.8) is 0 Å². The molecule has 0 aliphatic carbocycles. The Morgan fingerprint density at radius 3 is 2.67 bits per heavy atom. The summed E-state index contributed by atoms with van der Waals surface area (Å²) in [7, 11) is 0. The second kappa shape index (κ2) is 9.80. The zero-order chi connectivity index (χ0) is 21.5. The minimum absolute atomic E-state index is 0.000861. The van der Waals surface area contributed by atoms with Crippen LogP contribution < -0.4 is 10.6 Å². The number of amides is 2. The molecule has 0 unspecified atom stereocenters. The standard InChI is InChI=1S/C22H23N3O5/c1-15-7-9-17(10-8-15)21(26)24-20(22(27)23-14-19-6-3-11-30-19)13-16-4-2-5-18(12-16)25(28)29/h2,4-5,7-10,12-13,19H,3,6,11,14H2,1H3,(H,23,27)(H,24,26)/b20-13+/t19-/m1/s1. The number of hydrogen-bond acceptors (Lipinski definition) is 5. The average Bonchev–Trinajstić information content (AvgIpc) is 3.26. The Bertz CT molecular complexity index is 963. The fourth-order valence-electron chi connectivity index (χ4n) is 3.06. The van der Waals surface area contributed by atoms with Crippen LogP contribution in [0.5, 0.6) is 0 Å². The molecule has 1 saturated heterocycles. The Labute approximate surface area is 174 Å². The van der Waals surface area contributed by atoms with Gasteiger partial charge in [0, 0.05) is 30.8 Å². The predicted octanol–water partition coefficient (Wildman–Crippen LogP) is 2.97.